The molecule has 1 amide bonds. The van der Waals surface area contributed by atoms with E-state index in [0.29, 0.717) is 5.56 Å². The molecule has 0 saturated heterocycles. The third-order valence-corrected chi connectivity index (χ3v) is 4.39. The summed E-state index contributed by atoms with van der Waals surface area (Å²) in [6.07, 6.45) is 7.98. The summed E-state index contributed by atoms with van der Waals surface area (Å²) in [6.45, 7) is 7.80. The molecule has 0 aliphatic heterocycles. The topological polar surface area (TPSA) is 54.0 Å². The summed E-state index contributed by atoms with van der Waals surface area (Å²) in [5.74, 6) is -0.0229. The summed E-state index contributed by atoms with van der Waals surface area (Å²) in [5, 5.41) is 6.35. The molecule has 1 aromatic heterocycles. The smallest absolute Gasteiger partial charge is 0.254 e. The molecular formula is C17H27N3O. The molecule has 1 saturated carbocycles. The third kappa shape index (κ3) is 4.19. The van der Waals surface area contributed by atoms with E-state index in [9.17, 15) is 4.79 Å². The Morgan fingerprint density at radius 3 is 2.71 bits per heavy atom. The molecule has 4 nitrogen and oxygen atoms in total. The molecular weight excluding hydrogens is 262 g/mol. The minimum Gasteiger partial charge on any atom is -0.385 e. The molecule has 0 bridgehead atoms. The van der Waals surface area contributed by atoms with Crippen LogP contribution < -0.4 is 10.6 Å². The second kappa shape index (κ2) is 6.92. The molecule has 1 aliphatic rings. The second-order valence-corrected chi connectivity index (χ2v) is 6.46. The van der Waals surface area contributed by atoms with Gasteiger partial charge in [-0.05, 0) is 38.2 Å². The first-order valence-corrected chi connectivity index (χ1v) is 8.03. The number of nitrogens with zero attached hydrogens (tertiary/aromatic N) is 1. The highest BCUT2D eigenvalue weighted by Gasteiger charge is 2.27. The number of amides is 1. The van der Waals surface area contributed by atoms with Crippen molar-refractivity contribution in [1.82, 2.24) is 10.3 Å². The van der Waals surface area contributed by atoms with Gasteiger partial charge in [-0.1, -0.05) is 26.2 Å². The van der Waals surface area contributed by atoms with Crippen LogP contribution >= 0.6 is 0 Å². The van der Waals surface area contributed by atoms with Crippen LogP contribution in [0, 0.1) is 12.3 Å². The SMILES string of the molecule is CCNc1cc(C)ncc1C(=O)NCC1(C)CCCCC1. The molecule has 0 spiro atoms. The Bertz CT molecular complexity index is 493. The molecule has 116 valence electrons. The fourth-order valence-electron chi connectivity index (χ4n) is 3.05. The van der Waals surface area contributed by atoms with E-state index in [1.165, 1.54) is 32.1 Å². The maximum Gasteiger partial charge on any atom is 0.254 e. The van der Waals surface area contributed by atoms with Crippen LogP contribution in [0.3, 0.4) is 0 Å². The molecule has 0 atom stereocenters. The Balaban J connectivity index is 2.02. The van der Waals surface area contributed by atoms with Gasteiger partial charge in [-0.2, -0.15) is 0 Å². The van der Waals surface area contributed by atoms with E-state index in [0.717, 1.165) is 24.5 Å². The van der Waals surface area contributed by atoms with E-state index in [1.54, 1.807) is 6.20 Å². The Kier molecular flexibility index (Phi) is 5.21. The van der Waals surface area contributed by atoms with E-state index in [1.807, 2.05) is 19.9 Å². The largest absolute Gasteiger partial charge is 0.385 e. The summed E-state index contributed by atoms with van der Waals surface area (Å²) in [6, 6.07) is 1.93. The van der Waals surface area contributed by atoms with Crippen LogP contribution in [0.25, 0.3) is 0 Å². The van der Waals surface area contributed by atoms with Crippen molar-refractivity contribution in [3.05, 3.63) is 23.5 Å². The molecule has 0 aromatic carbocycles. The van der Waals surface area contributed by atoms with Gasteiger partial charge in [0.05, 0.1) is 11.3 Å². The number of hydrogen-bond donors (Lipinski definition) is 2. The average Bonchev–Trinajstić information content (AvgIpc) is 2.46. The van der Waals surface area contributed by atoms with Gasteiger partial charge < -0.3 is 10.6 Å². The summed E-state index contributed by atoms with van der Waals surface area (Å²) >= 11 is 0. The first-order chi connectivity index (χ1) is 10.0. The van der Waals surface area contributed by atoms with Gasteiger partial charge >= 0.3 is 0 Å². The minimum atomic E-state index is -0.0229. The van der Waals surface area contributed by atoms with Crippen molar-refractivity contribution in [2.75, 3.05) is 18.4 Å². The van der Waals surface area contributed by atoms with E-state index >= 15 is 0 Å². The number of nitrogens with one attached hydrogen (secondary N) is 2. The van der Waals surface area contributed by atoms with Crippen molar-refractivity contribution >= 4 is 11.6 Å². The average molecular weight is 289 g/mol. The van der Waals surface area contributed by atoms with Gasteiger partial charge in [-0.3, -0.25) is 9.78 Å². The van der Waals surface area contributed by atoms with Crippen molar-refractivity contribution in [3.8, 4) is 0 Å². The van der Waals surface area contributed by atoms with Crippen LogP contribution in [0.1, 0.15) is 62.0 Å². The zero-order valence-corrected chi connectivity index (χ0v) is 13.5. The van der Waals surface area contributed by atoms with Gasteiger partial charge in [-0.15, -0.1) is 0 Å². The Morgan fingerprint density at radius 1 is 1.33 bits per heavy atom. The minimum absolute atomic E-state index is 0.0229. The van der Waals surface area contributed by atoms with E-state index in [4.69, 9.17) is 0 Å². The molecule has 1 aromatic rings. The van der Waals surface area contributed by atoms with Crippen LogP contribution in [-0.4, -0.2) is 24.0 Å². The molecule has 0 radical (unpaired) electrons. The van der Waals surface area contributed by atoms with Crippen LogP contribution in [0.2, 0.25) is 0 Å². The van der Waals surface area contributed by atoms with Crippen LogP contribution in [0.5, 0.6) is 0 Å². The highest BCUT2D eigenvalue weighted by Crippen LogP contribution is 2.35. The van der Waals surface area contributed by atoms with Crippen molar-refractivity contribution < 1.29 is 4.79 Å². The number of aryl methyl sites for hydroxylation is 1. The van der Waals surface area contributed by atoms with Crippen molar-refractivity contribution in [2.45, 2.75) is 52.9 Å². The summed E-state index contributed by atoms with van der Waals surface area (Å²) < 4.78 is 0. The van der Waals surface area contributed by atoms with Crippen molar-refractivity contribution in [3.63, 3.8) is 0 Å². The molecule has 2 N–H and O–H groups in total. The summed E-state index contributed by atoms with van der Waals surface area (Å²) in [7, 11) is 0. The molecule has 1 fully saturated rings. The Hall–Kier alpha value is -1.58. The quantitative estimate of drug-likeness (QED) is 0.872. The van der Waals surface area contributed by atoms with Crippen molar-refractivity contribution in [2.24, 2.45) is 5.41 Å². The monoisotopic (exact) mass is 289 g/mol. The van der Waals surface area contributed by atoms with Crippen molar-refractivity contribution in [1.29, 1.82) is 0 Å². The second-order valence-electron chi connectivity index (χ2n) is 6.46. The highest BCUT2D eigenvalue weighted by molar-refractivity contribution is 5.99. The van der Waals surface area contributed by atoms with Crippen LogP contribution in [-0.2, 0) is 0 Å². The predicted molar refractivity (Wildman–Crippen MR) is 86.7 cm³/mol. The first-order valence-electron chi connectivity index (χ1n) is 8.03. The van der Waals surface area contributed by atoms with Gasteiger partial charge in [0.15, 0.2) is 0 Å². The standard InChI is InChI=1S/C17H27N3O/c1-4-18-15-10-13(2)19-11-14(15)16(21)20-12-17(3)8-6-5-7-9-17/h10-11H,4-9,12H2,1-3H3,(H,18,19)(H,20,21). The molecule has 1 heterocycles. The zero-order valence-electron chi connectivity index (χ0n) is 13.5. The van der Waals surface area contributed by atoms with E-state index < -0.39 is 0 Å². The Morgan fingerprint density at radius 2 is 2.05 bits per heavy atom. The van der Waals surface area contributed by atoms with Crippen LogP contribution in [0.15, 0.2) is 12.3 Å². The molecule has 4 heteroatoms. The summed E-state index contributed by atoms with van der Waals surface area (Å²) in [5.41, 5.74) is 2.68. The number of rotatable bonds is 5. The number of carbonyl (C=O) groups excluding carboxylic acids is 1. The fraction of sp³-hybridized carbons (Fsp3) is 0.647. The summed E-state index contributed by atoms with van der Waals surface area (Å²) in [4.78, 5) is 16.7. The molecule has 0 unspecified atom stereocenters. The number of anilines is 1. The maximum absolute atomic E-state index is 12.4. The lowest BCUT2D eigenvalue weighted by molar-refractivity contribution is 0.0919. The number of pyridine rings is 1. The predicted octanol–water partition coefficient (Wildman–Crippen LogP) is 3.52. The third-order valence-electron chi connectivity index (χ3n) is 4.39. The number of aromatic nitrogens is 1. The lowest BCUT2D eigenvalue weighted by Gasteiger charge is -2.33. The molecule has 2 rings (SSSR count). The van der Waals surface area contributed by atoms with Gasteiger partial charge in [0.1, 0.15) is 0 Å². The normalized spacial score (nSPS) is 17.3. The van der Waals surface area contributed by atoms with Gasteiger partial charge in [-0.25, -0.2) is 0 Å². The van der Waals surface area contributed by atoms with Gasteiger partial charge in [0.25, 0.3) is 5.91 Å². The number of carbonyl (C=O) groups is 1. The van der Waals surface area contributed by atoms with E-state index in [2.05, 4.69) is 22.5 Å². The fourth-order valence-corrected chi connectivity index (χ4v) is 3.05. The Labute approximate surface area is 127 Å². The zero-order chi connectivity index (χ0) is 15.3. The van der Waals surface area contributed by atoms with Crippen LogP contribution in [0.4, 0.5) is 5.69 Å². The lowest BCUT2D eigenvalue weighted by Crippen LogP contribution is -2.37. The number of hydrogen-bond acceptors (Lipinski definition) is 3. The van der Waals surface area contributed by atoms with E-state index in [-0.39, 0.29) is 11.3 Å². The van der Waals surface area contributed by atoms with Gasteiger partial charge in [0, 0.05) is 25.0 Å². The molecule has 21 heavy (non-hydrogen) atoms. The molecule has 1 aliphatic carbocycles. The maximum atomic E-state index is 12.4. The van der Waals surface area contributed by atoms with Gasteiger partial charge in [0.2, 0.25) is 0 Å². The lowest BCUT2D eigenvalue weighted by atomic mass is 9.76. The highest BCUT2D eigenvalue weighted by atomic mass is 16.1. The first kappa shape index (κ1) is 15.8.